The number of halogens is 1. The van der Waals surface area contributed by atoms with Crippen LogP contribution in [0.2, 0.25) is 5.02 Å². The maximum absolute atomic E-state index is 6.18. The Morgan fingerprint density at radius 1 is 1.41 bits per heavy atom. The van der Waals surface area contributed by atoms with E-state index < -0.39 is 0 Å². The summed E-state index contributed by atoms with van der Waals surface area (Å²) in [6, 6.07) is 4.05. The SMILES string of the molecule is COc1cc2c3c(n(C)c2cc1Cl)CNCC3. The fourth-order valence-electron chi connectivity index (χ4n) is 2.65. The summed E-state index contributed by atoms with van der Waals surface area (Å²) < 4.78 is 7.52. The van der Waals surface area contributed by atoms with Crippen LogP contribution in [0.15, 0.2) is 12.1 Å². The fraction of sp³-hybridized carbons (Fsp3) is 0.385. The first-order valence-corrected chi connectivity index (χ1v) is 6.14. The molecule has 1 N–H and O–H groups in total. The highest BCUT2D eigenvalue weighted by molar-refractivity contribution is 6.32. The molecule has 0 amide bonds. The number of hydrogen-bond acceptors (Lipinski definition) is 2. The van der Waals surface area contributed by atoms with Gasteiger partial charge in [0.1, 0.15) is 5.75 Å². The summed E-state index contributed by atoms with van der Waals surface area (Å²) in [5.74, 6) is 0.756. The van der Waals surface area contributed by atoms with Crippen molar-refractivity contribution in [2.24, 2.45) is 7.05 Å². The van der Waals surface area contributed by atoms with E-state index in [0.717, 1.165) is 25.3 Å². The number of nitrogens with one attached hydrogen (secondary N) is 1. The van der Waals surface area contributed by atoms with Crippen molar-refractivity contribution in [3.8, 4) is 5.75 Å². The summed E-state index contributed by atoms with van der Waals surface area (Å²) in [4.78, 5) is 0. The lowest BCUT2D eigenvalue weighted by molar-refractivity contribution is 0.415. The van der Waals surface area contributed by atoms with Gasteiger partial charge in [0, 0.05) is 24.7 Å². The Morgan fingerprint density at radius 3 is 3.00 bits per heavy atom. The van der Waals surface area contributed by atoms with Crippen LogP contribution in [0, 0.1) is 0 Å². The lowest BCUT2D eigenvalue weighted by Gasteiger charge is -2.14. The van der Waals surface area contributed by atoms with Gasteiger partial charge in [-0.25, -0.2) is 0 Å². The molecule has 17 heavy (non-hydrogen) atoms. The molecule has 4 heteroatoms. The van der Waals surface area contributed by atoms with Crippen LogP contribution >= 0.6 is 11.6 Å². The van der Waals surface area contributed by atoms with Crippen LogP contribution in [-0.4, -0.2) is 18.2 Å². The number of nitrogens with zero attached hydrogens (tertiary/aromatic N) is 1. The summed E-state index contributed by atoms with van der Waals surface area (Å²) in [5.41, 5.74) is 3.97. The first-order chi connectivity index (χ1) is 8.22. The van der Waals surface area contributed by atoms with Gasteiger partial charge in [-0.2, -0.15) is 0 Å². The lowest BCUT2D eigenvalue weighted by Crippen LogP contribution is -2.24. The van der Waals surface area contributed by atoms with Crippen molar-refractivity contribution in [2.45, 2.75) is 13.0 Å². The minimum atomic E-state index is 0.672. The maximum Gasteiger partial charge on any atom is 0.138 e. The lowest BCUT2D eigenvalue weighted by atomic mass is 10.0. The number of fused-ring (bicyclic) bond motifs is 3. The van der Waals surface area contributed by atoms with E-state index in [1.807, 2.05) is 6.07 Å². The van der Waals surface area contributed by atoms with E-state index in [2.05, 4.69) is 23.0 Å². The molecule has 0 saturated carbocycles. The Bertz CT molecular complexity index is 589. The van der Waals surface area contributed by atoms with Gasteiger partial charge in [-0.1, -0.05) is 11.6 Å². The highest BCUT2D eigenvalue weighted by atomic mass is 35.5. The van der Waals surface area contributed by atoms with Gasteiger partial charge < -0.3 is 14.6 Å². The normalized spacial score (nSPS) is 15.0. The van der Waals surface area contributed by atoms with E-state index in [9.17, 15) is 0 Å². The minimum Gasteiger partial charge on any atom is -0.495 e. The third kappa shape index (κ3) is 1.53. The molecule has 0 atom stereocenters. The number of methoxy groups -OCH3 is 1. The second-order valence-corrected chi connectivity index (χ2v) is 4.82. The highest BCUT2D eigenvalue weighted by Gasteiger charge is 2.19. The summed E-state index contributed by atoms with van der Waals surface area (Å²) in [6.07, 6.45) is 1.07. The first-order valence-electron chi connectivity index (χ1n) is 5.76. The average Bonchev–Trinajstić information content (AvgIpc) is 2.63. The number of hydrogen-bond donors (Lipinski definition) is 1. The molecule has 1 aliphatic heterocycles. The standard InChI is InChI=1S/C13H15ClN2O/c1-16-11-6-10(14)13(17-2)5-9(11)8-3-4-15-7-12(8)16/h5-6,15H,3-4,7H2,1-2H3. The van der Waals surface area contributed by atoms with Crippen LogP contribution in [0.1, 0.15) is 11.3 Å². The third-order valence-electron chi connectivity index (χ3n) is 3.55. The van der Waals surface area contributed by atoms with Crippen molar-refractivity contribution in [2.75, 3.05) is 13.7 Å². The van der Waals surface area contributed by atoms with Crippen LogP contribution in [-0.2, 0) is 20.0 Å². The van der Waals surface area contributed by atoms with Crippen LogP contribution in [0.3, 0.4) is 0 Å². The molecule has 1 aromatic carbocycles. The predicted octanol–water partition coefficient (Wildman–Crippen LogP) is 2.49. The Morgan fingerprint density at radius 2 is 2.24 bits per heavy atom. The number of aromatic nitrogens is 1. The van der Waals surface area contributed by atoms with Crippen molar-refractivity contribution in [1.82, 2.24) is 9.88 Å². The molecule has 2 heterocycles. The molecule has 0 radical (unpaired) electrons. The molecule has 90 valence electrons. The molecule has 0 spiro atoms. The fourth-order valence-corrected chi connectivity index (χ4v) is 2.88. The summed E-state index contributed by atoms with van der Waals surface area (Å²) in [5, 5.41) is 5.34. The Hall–Kier alpha value is -1.19. The molecule has 0 saturated heterocycles. The van der Waals surface area contributed by atoms with E-state index in [4.69, 9.17) is 16.3 Å². The number of benzene rings is 1. The van der Waals surface area contributed by atoms with Crippen molar-refractivity contribution in [3.05, 3.63) is 28.4 Å². The molecule has 1 aromatic heterocycles. The molecule has 0 fully saturated rings. The molecule has 3 nitrogen and oxygen atoms in total. The molecule has 1 aliphatic rings. The van der Waals surface area contributed by atoms with Gasteiger partial charge >= 0.3 is 0 Å². The van der Waals surface area contributed by atoms with Gasteiger partial charge in [0.2, 0.25) is 0 Å². The summed E-state index contributed by atoms with van der Waals surface area (Å²) in [7, 11) is 3.75. The maximum atomic E-state index is 6.18. The smallest absolute Gasteiger partial charge is 0.138 e. The van der Waals surface area contributed by atoms with E-state index >= 15 is 0 Å². The van der Waals surface area contributed by atoms with E-state index in [1.54, 1.807) is 7.11 Å². The van der Waals surface area contributed by atoms with Gasteiger partial charge in [0.25, 0.3) is 0 Å². The van der Waals surface area contributed by atoms with Gasteiger partial charge in [-0.3, -0.25) is 0 Å². The van der Waals surface area contributed by atoms with Crippen molar-refractivity contribution >= 4 is 22.5 Å². The summed E-state index contributed by atoms with van der Waals surface area (Å²) >= 11 is 6.18. The summed E-state index contributed by atoms with van der Waals surface area (Å²) in [6.45, 7) is 1.97. The van der Waals surface area contributed by atoms with Gasteiger partial charge in [-0.15, -0.1) is 0 Å². The van der Waals surface area contributed by atoms with Gasteiger partial charge in [0.15, 0.2) is 0 Å². The first kappa shape index (κ1) is 10.9. The zero-order valence-electron chi connectivity index (χ0n) is 10.0. The van der Waals surface area contributed by atoms with Crippen LogP contribution in [0.4, 0.5) is 0 Å². The zero-order chi connectivity index (χ0) is 12.0. The number of aryl methyl sites for hydroxylation is 1. The van der Waals surface area contributed by atoms with Crippen molar-refractivity contribution in [3.63, 3.8) is 0 Å². The topological polar surface area (TPSA) is 26.2 Å². The van der Waals surface area contributed by atoms with Crippen LogP contribution in [0.25, 0.3) is 10.9 Å². The molecule has 0 unspecified atom stereocenters. The van der Waals surface area contributed by atoms with E-state index in [-0.39, 0.29) is 0 Å². The average molecular weight is 251 g/mol. The van der Waals surface area contributed by atoms with Gasteiger partial charge in [-0.05, 0) is 30.7 Å². The molecular formula is C13H15ClN2O. The monoisotopic (exact) mass is 250 g/mol. The van der Waals surface area contributed by atoms with Crippen LogP contribution in [0.5, 0.6) is 5.75 Å². The minimum absolute atomic E-state index is 0.672. The second kappa shape index (κ2) is 3.93. The molecular weight excluding hydrogens is 236 g/mol. The van der Waals surface area contributed by atoms with Crippen molar-refractivity contribution < 1.29 is 4.74 Å². The molecule has 2 aromatic rings. The Kier molecular flexibility index (Phi) is 2.53. The molecule has 0 bridgehead atoms. The largest absolute Gasteiger partial charge is 0.495 e. The van der Waals surface area contributed by atoms with Crippen LogP contribution < -0.4 is 10.1 Å². The highest BCUT2D eigenvalue weighted by Crippen LogP contribution is 2.35. The quantitative estimate of drug-likeness (QED) is 0.842. The molecule has 3 rings (SSSR count). The predicted molar refractivity (Wildman–Crippen MR) is 69.9 cm³/mol. The third-order valence-corrected chi connectivity index (χ3v) is 3.85. The zero-order valence-corrected chi connectivity index (χ0v) is 10.8. The Labute approximate surface area is 105 Å². The number of rotatable bonds is 1. The van der Waals surface area contributed by atoms with Crippen molar-refractivity contribution in [1.29, 1.82) is 0 Å². The Balaban J connectivity index is 2.35. The van der Waals surface area contributed by atoms with E-state index in [1.165, 1.54) is 22.2 Å². The number of ether oxygens (including phenoxy) is 1. The van der Waals surface area contributed by atoms with E-state index in [0.29, 0.717) is 5.02 Å². The second-order valence-electron chi connectivity index (χ2n) is 4.41. The molecule has 0 aliphatic carbocycles. The van der Waals surface area contributed by atoms with Gasteiger partial charge in [0.05, 0.1) is 17.6 Å².